The van der Waals surface area contributed by atoms with Gasteiger partial charge in [-0.2, -0.15) is 13.2 Å². The molecule has 1 aliphatic heterocycles. The zero-order chi connectivity index (χ0) is 24.0. The van der Waals surface area contributed by atoms with Crippen LogP contribution in [0.2, 0.25) is 0 Å². The topological polar surface area (TPSA) is 70.7 Å². The van der Waals surface area contributed by atoms with Crippen LogP contribution in [-0.2, 0) is 12.7 Å². The highest BCUT2D eigenvalue weighted by Gasteiger charge is 2.38. The minimum absolute atomic E-state index is 0.135. The van der Waals surface area contributed by atoms with E-state index in [1.807, 2.05) is 13.1 Å². The van der Waals surface area contributed by atoms with Gasteiger partial charge in [-0.3, -0.25) is 0 Å². The van der Waals surface area contributed by atoms with Crippen molar-refractivity contribution in [3.05, 3.63) is 71.3 Å². The van der Waals surface area contributed by atoms with E-state index in [1.165, 1.54) is 7.11 Å². The number of hydrogen-bond donors (Lipinski definition) is 0. The lowest BCUT2D eigenvalue weighted by Crippen LogP contribution is -2.21. The number of aromatic nitrogens is 6. The van der Waals surface area contributed by atoms with Crippen LogP contribution in [0.15, 0.2) is 42.9 Å². The Labute approximate surface area is 192 Å². The molecule has 0 fully saturated rings. The molecule has 5 rings (SSSR count). The summed E-state index contributed by atoms with van der Waals surface area (Å²) in [5, 5.41) is 4.49. The molecular formula is C23H20F4N6O. The van der Waals surface area contributed by atoms with E-state index < -0.39 is 23.5 Å². The molecule has 0 bridgehead atoms. The molecule has 1 aromatic carbocycles. The van der Waals surface area contributed by atoms with Crippen LogP contribution in [0.1, 0.15) is 41.4 Å². The number of benzene rings is 1. The number of pyridine rings is 1. The van der Waals surface area contributed by atoms with Crippen molar-refractivity contribution >= 4 is 0 Å². The fourth-order valence-electron chi connectivity index (χ4n) is 4.29. The molecule has 11 heteroatoms. The first-order valence-corrected chi connectivity index (χ1v) is 10.6. The van der Waals surface area contributed by atoms with E-state index in [1.54, 1.807) is 27.7 Å². The van der Waals surface area contributed by atoms with Crippen molar-refractivity contribution in [3.8, 4) is 23.1 Å². The van der Waals surface area contributed by atoms with Crippen molar-refractivity contribution < 1.29 is 22.3 Å². The lowest BCUT2D eigenvalue weighted by Gasteiger charge is -2.25. The SMILES string of the molecule is COc1nc(-c2nc3n(n2)CCC[C@@H]3c2cc(F)ccc2C(F)(F)F)ccc1-n1cnc(C)c1. The second-order valence-electron chi connectivity index (χ2n) is 8.09. The van der Waals surface area contributed by atoms with Crippen molar-refractivity contribution in [3.63, 3.8) is 0 Å². The summed E-state index contributed by atoms with van der Waals surface area (Å²) in [6, 6.07) is 6.05. The molecule has 7 nitrogen and oxygen atoms in total. The molecule has 1 atom stereocenters. The van der Waals surface area contributed by atoms with Crippen molar-refractivity contribution in [2.45, 2.75) is 38.4 Å². The molecule has 4 heterocycles. The van der Waals surface area contributed by atoms with Gasteiger partial charge in [0.05, 0.1) is 24.7 Å². The van der Waals surface area contributed by atoms with Gasteiger partial charge in [0.2, 0.25) is 5.88 Å². The van der Waals surface area contributed by atoms with E-state index in [0.29, 0.717) is 42.5 Å². The Hall–Kier alpha value is -3.76. The Morgan fingerprint density at radius 2 is 1.94 bits per heavy atom. The lowest BCUT2D eigenvalue weighted by molar-refractivity contribution is -0.138. The van der Waals surface area contributed by atoms with Crippen molar-refractivity contribution in [1.82, 2.24) is 29.3 Å². The largest absolute Gasteiger partial charge is 0.479 e. The predicted molar refractivity (Wildman–Crippen MR) is 114 cm³/mol. The van der Waals surface area contributed by atoms with Gasteiger partial charge in [-0.05, 0) is 55.7 Å². The maximum absolute atomic E-state index is 14.0. The van der Waals surface area contributed by atoms with E-state index in [4.69, 9.17) is 4.74 Å². The van der Waals surface area contributed by atoms with Gasteiger partial charge >= 0.3 is 6.18 Å². The monoisotopic (exact) mass is 472 g/mol. The third-order valence-electron chi connectivity index (χ3n) is 5.82. The van der Waals surface area contributed by atoms with Gasteiger partial charge in [-0.25, -0.2) is 24.0 Å². The number of rotatable bonds is 4. The second kappa shape index (κ2) is 8.23. The molecule has 0 saturated carbocycles. The molecule has 4 aromatic rings. The van der Waals surface area contributed by atoms with Crippen LogP contribution in [-0.4, -0.2) is 36.4 Å². The smallest absolute Gasteiger partial charge is 0.416 e. The minimum Gasteiger partial charge on any atom is -0.479 e. The standard InChI is InChI=1S/C23H20F4N6O/c1-13-11-32(12-28-13)19-8-7-18(29-22(19)34-2)20-30-21-15(4-3-9-33(21)31-20)16-10-14(24)5-6-17(16)23(25,26)27/h5-8,10-12,15H,3-4,9H2,1-2H3/t15-/m1/s1. The summed E-state index contributed by atoms with van der Waals surface area (Å²) in [5.41, 5.74) is 0.910. The number of aryl methyl sites for hydroxylation is 2. The summed E-state index contributed by atoms with van der Waals surface area (Å²) in [4.78, 5) is 13.3. The highest BCUT2D eigenvalue weighted by atomic mass is 19.4. The van der Waals surface area contributed by atoms with Gasteiger partial charge in [0.25, 0.3) is 0 Å². The van der Waals surface area contributed by atoms with E-state index >= 15 is 0 Å². The summed E-state index contributed by atoms with van der Waals surface area (Å²) in [6.07, 6.45) is -0.145. The number of imidazole rings is 1. The molecule has 34 heavy (non-hydrogen) atoms. The normalized spacial score (nSPS) is 15.9. The first-order chi connectivity index (χ1) is 16.2. The van der Waals surface area contributed by atoms with E-state index in [9.17, 15) is 17.6 Å². The van der Waals surface area contributed by atoms with Gasteiger partial charge in [0.1, 0.15) is 23.0 Å². The molecule has 0 saturated heterocycles. The van der Waals surface area contributed by atoms with Gasteiger partial charge in [0.15, 0.2) is 5.82 Å². The molecule has 3 aromatic heterocycles. The third kappa shape index (κ3) is 3.91. The molecule has 176 valence electrons. The van der Waals surface area contributed by atoms with E-state index in [0.717, 1.165) is 23.9 Å². The fraction of sp³-hybridized carbons (Fsp3) is 0.304. The summed E-state index contributed by atoms with van der Waals surface area (Å²) in [5.74, 6) is -0.524. The Morgan fingerprint density at radius 1 is 1.12 bits per heavy atom. The third-order valence-corrected chi connectivity index (χ3v) is 5.82. The lowest BCUT2D eigenvalue weighted by atomic mass is 9.87. The van der Waals surface area contributed by atoms with Crippen molar-refractivity contribution in [1.29, 1.82) is 0 Å². The van der Waals surface area contributed by atoms with Gasteiger partial charge < -0.3 is 9.30 Å². The molecule has 0 N–H and O–H groups in total. The first kappa shape index (κ1) is 22.1. The first-order valence-electron chi connectivity index (χ1n) is 10.6. The number of nitrogens with zero attached hydrogens (tertiary/aromatic N) is 6. The summed E-state index contributed by atoms with van der Waals surface area (Å²) >= 11 is 0. The predicted octanol–water partition coefficient (Wildman–Crippen LogP) is 4.93. The Morgan fingerprint density at radius 3 is 2.65 bits per heavy atom. The highest BCUT2D eigenvalue weighted by molar-refractivity contribution is 5.55. The fourth-order valence-corrected chi connectivity index (χ4v) is 4.29. The highest BCUT2D eigenvalue weighted by Crippen LogP contribution is 2.41. The van der Waals surface area contributed by atoms with Crippen LogP contribution in [0.5, 0.6) is 5.88 Å². The molecule has 0 aliphatic carbocycles. The zero-order valence-electron chi connectivity index (χ0n) is 18.3. The molecule has 0 radical (unpaired) electrons. The average molecular weight is 472 g/mol. The number of alkyl halides is 3. The van der Waals surface area contributed by atoms with Gasteiger partial charge in [-0.15, -0.1) is 5.10 Å². The van der Waals surface area contributed by atoms with Crippen molar-refractivity contribution in [2.75, 3.05) is 7.11 Å². The Balaban J connectivity index is 1.56. The summed E-state index contributed by atoms with van der Waals surface area (Å²) in [6.45, 7) is 2.36. The number of halogens is 4. The Kier molecular flexibility index (Phi) is 5.34. The molecule has 0 spiro atoms. The van der Waals surface area contributed by atoms with Crippen LogP contribution in [0.25, 0.3) is 17.2 Å². The molecule has 1 aliphatic rings. The molecular weight excluding hydrogens is 452 g/mol. The van der Waals surface area contributed by atoms with Crippen LogP contribution < -0.4 is 4.74 Å². The number of methoxy groups -OCH3 is 1. The quantitative estimate of drug-likeness (QED) is 0.394. The molecule has 0 unspecified atom stereocenters. The van der Waals surface area contributed by atoms with Crippen LogP contribution in [0.3, 0.4) is 0 Å². The van der Waals surface area contributed by atoms with E-state index in [-0.39, 0.29) is 11.4 Å². The number of ether oxygens (including phenoxy) is 1. The zero-order valence-corrected chi connectivity index (χ0v) is 18.3. The van der Waals surface area contributed by atoms with Gasteiger partial charge in [0, 0.05) is 18.7 Å². The van der Waals surface area contributed by atoms with Crippen molar-refractivity contribution in [2.24, 2.45) is 0 Å². The minimum atomic E-state index is -4.61. The maximum Gasteiger partial charge on any atom is 0.416 e. The van der Waals surface area contributed by atoms with Crippen LogP contribution in [0.4, 0.5) is 17.6 Å². The summed E-state index contributed by atoms with van der Waals surface area (Å²) in [7, 11) is 1.49. The molecule has 0 amide bonds. The Bertz CT molecular complexity index is 1360. The maximum atomic E-state index is 14.0. The average Bonchev–Trinajstić information content (AvgIpc) is 3.43. The number of hydrogen-bond acceptors (Lipinski definition) is 5. The summed E-state index contributed by atoms with van der Waals surface area (Å²) < 4.78 is 63.7. The van der Waals surface area contributed by atoms with Gasteiger partial charge in [-0.1, -0.05) is 0 Å². The second-order valence-corrected chi connectivity index (χ2v) is 8.09. The number of fused-ring (bicyclic) bond motifs is 1. The van der Waals surface area contributed by atoms with Crippen LogP contribution in [0, 0.1) is 12.7 Å². The van der Waals surface area contributed by atoms with Crippen LogP contribution >= 0.6 is 0 Å². The van der Waals surface area contributed by atoms with E-state index in [2.05, 4.69) is 20.1 Å².